The molecule has 5 amide bonds. The fourth-order valence-corrected chi connectivity index (χ4v) is 16.8. The number of benzene rings is 2. The van der Waals surface area contributed by atoms with Gasteiger partial charge in [0, 0.05) is 49.5 Å². The van der Waals surface area contributed by atoms with Crippen LogP contribution in [0.1, 0.15) is 210 Å². The average Bonchev–Trinajstić information content (AvgIpc) is 1.03. The monoisotopic (exact) mass is 1480 g/mol. The molecule has 2 saturated carbocycles. The predicted octanol–water partition coefficient (Wildman–Crippen LogP) is 9.53. The number of nitrogens with one attached hydrogen (secondary N) is 4. The number of ether oxygens (including phenoxy) is 5. The second-order valence-corrected chi connectivity index (χ2v) is 32.1. The van der Waals surface area contributed by atoms with Crippen molar-refractivity contribution in [3.63, 3.8) is 0 Å². The molecule has 8 rings (SSSR count). The van der Waals surface area contributed by atoms with Gasteiger partial charge >= 0.3 is 12.1 Å². The summed E-state index contributed by atoms with van der Waals surface area (Å²) in [7, 11) is 6.37. The molecule has 0 spiro atoms. The third-order valence-corrected chi connectivity index (χ3v) is 22.7. The van der Waals surface area contributed by atoms with Crippen LogP contribution < -0.4 is 32.7 Å². The number of amides is 5. The zero-order chi connectivity index (χ0) is 76.9. The Bertz CT molecular complexity index is 3440. The van der Waals surface area contributed by atoms with Crippen LogP contribution in [0.25, 0.3) is 0 Å². The number of ketones is 2. The molecule has 9 N–H and O–H groups in total. The van der Waals surface area contributed by atoms with E-state index in [4.69, 9.17) is 45.1 Å². The summed E-state index contributed by atoms with van der Waals surface area (Å²) in [6, 6.07) is 10.5. The highest BCUT2D eigenvalue weighted by atomic mass is 19.4. The smallest absolute Gasteiger partial charge is 0.475 e. The van der Waals surface area contributed by atoms with E-state index in [1.54, 1.807) is 6.92 Å². The van der Waals surface area contributed by atoms with Crippen LogP contribution in [0.5, 0.6) is 0 Å². The lowest BCUT2D eigenvalue weighted by Gasteiger charge is -2.56. The summed E-state index contributed by atoms with van der Waals surface area (Å²) in [6.45, 7) is 19.3. The number of aromatic nitrogens is 3. The molecule has 24 nitrogen and oxygen atoms in total. The van der Waals surface area contributed by atoms with E-state index in [9.17, 15) is 46.7 Å². The number of hydrogen-bond acceptors (Lipinski definition) is 17. The lowest BCUT2D eigenvalue weighted by molar-refractivity contribution is -0.870. The number of halogens is 3. The molecule has 0 bridgehead atoms. The molecule has 1 aromatic heterocycles. The van der Waals surface area contributed by atoms with Crippen molar-refractivity contribution >= 4 is 58.4 Å². The third-order valence-electron chi connectivity index (χ3n) is 22.7. The van der Waals surface area contributed by atoms with E-state index in [1.165, 1.54) is 16.7 Å². The number of carboxylic acid groups (broad SMARTS) is 1. The molecule has 1 heterocycles. The first-order valence-corrected chi connectivity index (χ1v) is 38.1. The summed E-state index contributed by atoms with van der Waals surface area (Å²) < 4.78 is 63.3. The standard InChI is InChI=1S/C76H118N10O12.C2HF3O2/c1-51(2)67(81-70(91)60(78)20-14-15-36-79-66(89)50-98-63-22-13-11-12-21-61-68(63)83-84-85(61)37-40-95-42-44-97-46-45-96-43-41-94-39-31-57(87)19-16-38-86(8,9)10)62(88)47-52(3)69(90)80-56-28-24-54-26-30-65-74(5,59(54)49-56)33-18-35-76(65,7)72(93)82-71(92)75(6)34-17-32-73(4)58-48-55(77)27-23-53(58)25-29-64(73)75;3-2(4,5)1(6)7/h23-24,27-28,48-49,51-52,60,63-65,67H,11-22,25-26,29-47,50,77-78H2,1-10H3,(H3-,79,80,81,82,89,90,91,92,93);(H,6,7)/p+1/t52-,60-,63?,64-,65-,67+,73-,74-,75+,76+;/m1./s1. The highest BCUT2D eigenvalue weighted by Gasteiger charge is 2.59. The first-order chi connectivity index (χ1) is 49.6. The van der Waals surface area contributed by atoms with Gasteiger partial charge in [-0.25, -0.2) is 9.48 Å². The number of aliphatic carboxylic acids is 1. The number of carbonyl (C=O) groups excluding carboxylic acids is 7. The Kier molecular flexibility index (Phi) is 31.6. The van der Waals surface area contributed by atoms with Crippen molar-refractivity contribution in [2.45, 2.75) is 231 Å². The van der Waals surface area contributed by atoms with Crippen LogP contribution >= 0.6 is 0 Å². The number of unbranched alkanes of at least 4 members (excludes halogenated alkanes) is 1. The number of hydrogen-bond donors (Lipinski definition) is 7. The van der Waals surface area contributed by atoms with Gasteiger partial charge in [-0.15, -0.1) is 5.10 Å². The Morgan fingerprint density at radius 1 is 0.695 bits per heavy atom. The van der Waals surface area contributed by atoms with Crippen molar-refractivity contribution in [3.8, 4) is 0 Å². The molecule has 27 heteroatoms. The first-order valence-electron chi connectivity index (χ1n) is 38.1. The number of Topliss-reactive ketones (excluding diaryl/α,β-unsaturated/α-hetero) is 2. The zero-order valence-electron chi connectivity index (χ0n) is 63.9. The lowest BCUT2D eigenvalue weighted by Crippen LogP contribution is -2.60. The lowest BCUT2D eigenvalue weighted by atomic mass is 9.49. The van der Waals surface area contributed by atoms with E-state index in [0.717, 1.165) is 130 Å². The molecule has 5 aliphatic carbocycles. The van der Waals surface area contributed by atoms with E-state index >= 15 is 0 Å². The quantitative estimate of drug-likeness (QED) is 0.0122. The summed E-state index contributed by atoms with van der Waals surface area (Å²) >= 11 is 0. The van der Waals surface area contributed by atoms with Crippen molar-refractivity contribution in [1.82, 2.24) is 30.9 Å². The molecule has 586 valence electrons. The van der Waals surface area contributed by atoms with Gasteiger partial charge in [0.05, 0.1) is 116 Å². The number of carboxylic acids is 1. The van der Waals surface area contributed by atoms with Crippen molar-refractivity contribution in [2.24, 2.45) is 40.2 Å². The first kappa shape index (κ1) is 85.5. The molecule has 1 unspecified atom stereocenters. The van der Waals surface area contributed by atoms with Crippen molar-refractivity contribution in [3.05, 3.63) is 70.0 Å². The zero-order valence-corrected chi connectivity index (χ0v) is 63.9. The largest absolute Gasteiger partial charge is 0.490 e. The molecule has 0 radical (unpaired) electrons. The van der Waals surface area contributed by atoms with Crippen molar-refractivity contribution in [1.29, 1.82) is 0 Å². The maximum atomic E-state index is 14.8. The minimum atomic E-state index is -5.08. The molecule has 0 aliphatic heterocycles. The number of alkyl halides is 3. The van der Waals surface area contributed by atoms with Crippen LogP contribution in [-0.2, 0) is 98.7 Å². The second kappa shape index (κ2) is 38.9. The SMILES string of the molecule is CC(C)[C@H](NC(=O)[C@H](N)CCCCNC(=O)COC1CCCCCc2c1nnn2CCOCCOCCOCCOCCC(=O)CCC[N+](C)(C)C)C(=O)C[C@@H](C)C(=O)Nc1ccc2c(c1)[C@@]1(C)CCC[C@](C)(C(=O)NC(=O)[C@@]3(C)CCC[C@]4(C)c5cc(N)ccc5CC[C@@H]34)[C@@H]1CC2.O=C(O)C(F)(F)F. The summed E-state index contributed by atoms with van der Waals surface area (Å²) in [5, 5.41) is 28.0. The van der Waals surface area contributed by atoms with Gasteiger partial charge in [0.2, 0.25) is 29.5 Å². The Morgan fingerprint density at radius 2 is 1.27 bits per heavy atom. The summed E-state index contributed by atoms with van der Waals surface area (Å²) in [4.78, 5) is 105. The van der Waals surface area contributed by atoms with Crippen LogP contribution in [0, 0.1) is 34.5 Å². The Balaban J connectivity index is 0.00000209. The number of quaternary nitrogens is 1. The summed E-state index contributed by atoms with van der Waals surface area (Å²) in [5.74, 6) is -5.12. The van der Waals surface area contributed by atoms with Gasteiger partial charge in [-0.3, -0.25) is 38.9 Å². The molecular weight excluding hydrogens is 1360 g/mol. The fourth-order valence-electron chi connectivity index (χ4n) is 16.8. The van der Waals surface area contributed by atoms with Crippen LogP contribution in [0.15, 0.2) is 36.4 Å². The number of fused-ring (bicyclic) bond motifs is 7. The molecule has 5 aliphatic rings. The molecule has 2 aromatic carbocycles. The van der Waals surface area contributed by atoms with E-state index < -0.39 is 52.3 Å². The number of carbonyl (C=O) groups is 8. The molecule has 0 saturated heterocycles. The Morgan fingerprint density at radius 3 is 1.85 bits per heavy atom. The summed E-state index contributed by atoms with van der Waals surface area (Å²) in [6.07, 6.45) is 10.6. The van der Waals surface area contributed by atoms with Gasteiger partial charge in [0.25, 0.3) is 0 Å². The molecule has 10 atom stereocenters. The van der Waals surface area contributed by atoms with Crippen LogP contribution in [-0.4, -0.2) is 184 Å². The minimum Gasteiger partial charge on any atom is -0.475 e. The topological polar surface area (TPSA) is 334 Å². The van der Waals surface area contributed by atoms with Gasteiger partial charge in [0.1, 0.15) is 24.2 Å². The number of imide groups is 1. The molecule has 2 fully saturated rings. The van der Waals surface area contributed by atoms with Crippen LogP contribution in [0.2, 0.25) is 0 Å². The van der Waals surface area contributed by atoms with Crippen LogP contribution in [0.3, 0.4) is 0 Å². The fraction of sp³-hybridized carbons (Fsp3) is 0.718. The molecule has 3 aromatic rings. The normalized spacial score (nSPS) is 23.7. The van der Waals surface area contributed by atoms with E-state index in [2.05, 4.69) is 98.6 Å². The average molecular weight is 1480 g/mol. The third kappa shape index (κ3) is 23.6. The molecular formula is C78H120F3N10O14+. The Labute approximate surface area is 618 Å². The maximum Gasteiger partial charge on any atom is 0.490 e. The van der Waals surface area contributed by atoms with Gasteiger partial charge < -0.3 is 60.7 Å². The number of nitrogens with zero attached hydrogens (tertiary/aromatic N) is 4. The molecule has 105 heavy (non-hydrogen) atoms. The number of anilines is 2. The van der Waals surface area contributed by atoms with Gasteiger partial charge in [-0.05, 0) is 165 Å². The predicted molar refractivity (Wildman–Crippen MR) is 391 cm³/mol. The van der Waals surface area contributed by atoms with E-state index in [0.29, 0.717) is 110 Å². The maximum absolute atomic E-state index is 14.8. The van der Waals surface area contributed by atoms with Crippen molar-refractivity contribution < 1.29 is 84.8 Å². The van der Waals surface area contributed by atoms with E-state index in [1.807, 2.05) is 36.7 Å². The number of rotatable bonds is 37. The number of aryl methyl sites for hydroxylation is 2. The van der Waals surface area contributed by atoms with Gasteiger partial charge in [0.15, 0.2) is 5.78 Å². The number of nitrogens with two attached hydrogens (primary N) is 2. The highest BCUT2D eigenvalue weighted by Crippen LogP contribution is 2.60. The Hall–Kier alpha value is -6.75. The van der Waals surface area contributed by atoms with Crippen molar-refractivity contribution in [2.75, 3.05) is 105 Å². The highest BCUT2D eigenvalue weighted by molar-refractivity contribution is 6.01. The van der Waals surface area contributed by atoms with E-state index in [-0.39, 0.29) is 77.5 Å². The van der Waals surface area contributed by atoms with Gasteiger partial charge in [-0.1, -0.05) is 91.5 Å². The number of nitrogen functional groups attached to an aromatic ring is 1. The van der Waals surface area contributed by atoms with Gasteiger partial charge in [-0.2, -0.15) is 13.2 Å². The minimum absolute atomic E-state index is 0.0441. The second-order valence-electron chi connectivity index (χ2n) is 32.1. The van der Waals surface area contributed by atoms with Crippen LogP contribution in [0.4, 0.5) is 24.5 Å². The summed E-state index contributed by atoms with van der Waals surface area (Å²) in [5.41, 5.74) is 18.5.